The molecule has 426 valence electrons. The Morgan fingerprint density at radius 3 is 0.645 bits per heavy atom. The fourth-order valence-corrected chi connectivity index (χ4v) is 10.5. The lowest BCUT2D eigenvalue weighted by Gasteiger charge is -2.19. The minimum atomic E-state index is 0.639. The predicted octanol–water partition coefficient (Wildman–Crippen LogP) is 21.5. The van der Waals surface area contributed by atoms with Crippen molar-refractivity contribution in [3.05, 3.63) is 36.4 Å². The van der Waals surface area contributed by atoms with Gasteiger partial charge in [-0.3, -0.25) is 0 Å². The molecule has 0 saturated carbocycles. The van der Waals surface area contributed by atoms with Gasteiger partial charge in [-0.15, -0.1) is 0 Å². The van der Waals surface area contributed by atoms with Crippen LogP contribution in [0.15, 0.2) is 36.4 Å². The van der Waals surface area contributed by atoms with Crippen molar-refractivity contribution >= 4 is 43.6 Å². The summed E-state index contributed by atoms with van der Waals surface area (Å²) in [7, 11) is 0. The van der Waals surface area contributed by atoms with Gasteiger partial charge in [-0.05, 0) is 73.6 Å². The number of benzene rings is 4. The Kier molecular flexibility index (Phi) is 32.3. The van der Waals surface area contributed by atoms with Gasteiger partial charge in [0.2, 0.25) is 0 Å². The molecule has 0 radical (unpaired) electrons. The topological polar surface area (TPSA) is 81.2 Å². The van der Waals surface area contributed by atoms with Crippen molar-refractivity contribution in [3.8, 4) is 34.5 Å². The van der Waals surface area contributed by atoms with Gasteiger partial charge in [-0.1, -0.05) is 234 Å². The molecule has 4 aromatic carbocycles. The molecule has 0 saturated heterocycles. The maximum absolute atomic E-state index is 6.79. The zero-order valence-electron chi connectivity index (χ0n) is 49.5. The average Bonchev–Trinajstić information content (AvgIpc) is 3.61. The molecule has 0 spiro atoms. The van der Waals surface area contributed by atoms with E-state index in [0.29, 0.717) is 39.6 Å². The van der Waals surface area contributed by atoms with Crippen molar-refractivity contribution in [3.63, 3.8) is 0 Å². The lowest BCUT2D eigenvalue weighted by molar-refractivity contribution is 0.259. The molecule has 5 rings (SSSR count). The van der Waals surface area contributed by atoms with Crippen LogP contribution < -0.4 is 28.4 Å². The van der Waals surface area contributed by atoms with Crippen LogP contribution >= 0.6 is 0 Å². The Morgan fingerprint density at radius 1 is 0.224 bits per heavy atom. The zero-order valence-corrected chi connectivity index (χ0v) is 49.5. The Hall–Kier alpha value is -4.20. The molecule has 1 aromatic heterocycles. The molecule has 0 amide bonds. The van der Waals surface area contributed by atoms with Crippen LogP contribution in [0.5, 0.6) is 34.5 Å². The maximum Gasteiger partial charge on any atom is 0.163 e. The summed E-state index contributed by atoms with van der Waals surface area (Å²) in [5.74, 6) is 4.61. The lowest BCUT2D eigenvalue weighted by atomic mass is 9.97. The summed E-state index contributed by atoms with van der Waals surface area (Å²) in [5, 5.41) is 4.07. The monoisotopic (exact) mass is 1050 g/mol. The molecule has 0 aliphatic rings. The third-order valence-electron chi connectivity index (χ3n) is 15.2. The second-order valence-electron chi connectivity index (χ2n) is 22.1. The van der Waals surface area contributed by atoms with E-state index in [4.69, 9.17) is 38.4 Å². The molecule has 0 bridgehead atoms. The van der Waals surface area contributed by atoms with Gasteiger partial charge in [0.25, 0.3) is 0 Å². The predicted molar refractivity (Wildman–Crippen MR) is 325 cm³/mol. The van der Waals surface area contributed by atoms with Crippen LogP contribution in [0.4, 0.5) is 0 Å². The summed E-state index contributed by atoms with van der Waals surface area (Å²) < 4.78 is 40.4. The number of unbranched alkanes of at least 4 members (excludes halogenated alkanes) is 30. The minimum absolute atomic E-state index is 0.639. The van der Waals surface area contributed by atoms with Gasteiger partial charge in [-0.25, -0.2) is 9.97 Å². The second-order valence-corrected chi connectivity index (χ2v) is 22.1. The Morgan fingerprint density at radius 2 is 0.408 bits per heavy atom. The molecule has 0 unspecified atom stereocenters. The molecule has 5 aromatic rings. The third kappa shape index (κ3) is 22.3. The molecular weight excluding hydrogens is 941 g/mol. The van der Waals surface area contributed by atoms with Crippen molar-refractivity contribution in [1.82, 2.24) is 9.97 Å². The highest BCUT2D eigenvalue weighted by molar-refractivity contribution is 6.25. The van der Waals surface area contributed by atoms with Gasteiger partial charge in [0, 0.05) is 22.9 Å². The van der Waals surface area contributed by atoms with Gasteiger partial charge in [0.15, 0.2) is 34.5 Å². The molecule has 0 aliphatic carbocycles. The van der Waals surface area contributed by atoms with E-state index in [0.717, 1.165) is 149 Å². The minimum Gasteiger partial charge on any atom is -0.490 e. The van der Waals surface area contributed by atoms with Crippen molar-refractivity contribution in [1.29, 1.82) is 0 Å². The highest BCUT2D eigenvalue weighted by Gasteiger charge is 2.21. The molecule has 1 heterocycles. The second kappa shape index (κ2) is 39.2. The van der Waals surface area contributed by atoms with Crippen molar-refractivity contribution < 1.29 is 28.4 Å². The van der Waals surface area contributed by atoms with E-state index in [1.54, 1.807) is 0 Å². The summed E-state index contributed by atoms with van der Waals surface area (Å²) >= 11 is 0. The summed E-state index contributed by atoms with van der Waals surface area (Å²) in [4.78, 5) is 11.2. The molecular formula is C68H108N2O6. The fraction of sp³-hybridized carbons (Fsp3) is 0.706. The van der Waals surface area contributed by atoms with Crippen molar-refractivity contribution in [2.24, 2.45) is 0 Å². The largest absolute Gasteiger partial charge is 0.490 e. The van der Waals surface area contributed by atoms with E-state index in [9.17, 15) is 0 Å². The summed E-state index contributed by atoms with van der Waals surface area (Å²) in [6.07, 6.45) is 43.4. The number of nitrogens with zero attached hydrogens (tertiary/aromatic N) is 2. The quantitative estimate of drug-likeness (QED) is 0.0217. The van der Waals surface area contributed by atoms with E-state index in [-0.39, 0.29) is 0 Å². The van der Waals surface area contributed by atoms with Crippen LogP contribution in [0.2, 0.25) is 0 Å². The molecule has 0 N–H and O–H groups in total. The third-order valence-corrected chi connectivity index (χ3v) is 15.2. The molecule has 0 fully saturated rings. The first-order valence-electron chi connectivity index (χ1n) is 32.1. The first kappa shape index (κ1) is 62.6. The van der Waals surface area contributed by atoms with Crippen LogP contribution in [0.3, 0.4) is 0 Å². The molecule has 8 heteroatoms. The summed E-state index contributed by atoms with van der Waals surface area (Å²) in [5.41, 5.74) is 3.22. The van der Waals surface area contributed by atoms with Crippen LogP contribution in [-0.2, 0) is 0 Å². The van der Waals surface area contributed by atoms with Gasteiger partial charge >= 0.3 is 0 Å². The molecule has 0 atom stereocenters. The van der Waals surface area contributed by atoms with E-state index >= 15 is 0 Å². The molecule has 76 heavy (non-hydrogen) atoms. The van der Waals surface area contributed by atoms with Gasteiger partial charge < -0.3 is 28.4 Å². The molecule has 0 aliphatic heterocycles. The van der Waals surface area contributed by atoms with Gasteiger partial charge in [-0.2, -0.15) is 0 Å². The first-order chi connectivity index (χ1) is 37.6. The Balaban J connectivity index is 1.64. The van der Waals surface area contributed by atoms with Crippen molar-refractivity contribution in [2.45, 2.75) is 273 Å². The SMILES string of the molecule is CCCCCCCCCCOc1cc2nc3c4cc(OCCCCCCCC)c(OCCCCCCCC)cc4c4cc(OCCCCCCCC)c(OCCCCCCCC)cc4c3nc2cc1OCCCCCC. The lowest BCUT2D eigenvalue weighted by Crippen LogP contribution is -2.05. The smallest absolute Gasteiger partial charge is 0.163 e. The van der Waals surface area contributed by atoms with E-state index in [2.05, 4.69) is 77.9 Å². The summed E-state index contributed by atoms with van der Waals surface area (Å²) in [6.45, 7) is 17.5. The average molecular weight is 1050 g/mol. The van der Waals surface area contributed by atoms with Crippen LogP contribution in [0.1, 0.15) is 273 Å². The van der Waals surface area contributed by atoms with Gasteiger partial charge in [0.05, 0.1) is 61.7 Å². The summed E-state index contributed by atoms with van der Waals surface area (Å²) in [6, 6.07) is 13.0. The molecule has 8 nitrogen and oxygen atoms in total. The number of ether oxygens (including phenoxy) is 6. The highest BCUT2D eigenvalue weighted by Crippen LogP contribution is 2.45. The number of hydrogen-bond acceptors (Lipinski definition) is 8. The normalized spacial score (nSPS) is 11.7. The number of fused-ring (bicyclic) bond motifs is 7. The van der Waals surface area contributed by atoms with Crippen LogP contribution in [0, 0.1) is 0 Å². The highest BCUT2D eigenvalue weighted by atomic mass is 16.5. The Labute approximate surface area is 463 Å². The standard InChI is InChI=1S/C68H108N2O6/c1-7-13-19-25-30-31-36-42-48-76-66-54-60-59(53-65(66)75-43-37-24-18-12-6)69-67-57-51-63(73-46-40-34-28-22-16-10-4)61(71-44-38-32-26-20-14-8-2)49-55(57)56-50-62(72-45-39-33-27-21-15-9-3)64(52-58(56)68(67)70-60)74-47-41-35-29-23-17-11-5/h49-54H,7-48H2,1-6H3. The maximum atomic E-state index is 6.79. The van der Waals surface area contributed by atoms with Crippen LogP contribution in [0.25, 0.3) is 43.6 Å². The van der Waals surface area contributed by atoms with E-state index in [1.165, 1.54) is 161 Å². The van der Waals surface area contributed by atoms with Crippen LogP contribution in [-0.4, -0.2) is 49.6 Å². The number of rotatable bonds is 48. The first-order valence-corrected chi connectivity index (χ1v) is 32.1. The van der Waals surface area contributed by atoms with E-state index < -0.39 is 0 Å². The Bertz CT molecular complexity index is 2310. The van der Waals surface area contributed by atoms with E-state index in [1.807, 2.05) is 0 Å². The van der Waals surface area contributed by atoms with Crippen molar-refractivity contribution in [2.75, 3.05) is 39.6 Å². The zero-order chi connectivity index (χ0) is 53.7. The fourth-order valence-electron chi connectivity index (χ4n) is 10.5. The van der Waals surface area contributed by atoms with Gasteiger partial charge in [0.1, 0.15) is 0 Å². The number of hydrogen-bond donors (Lipinski definition) is 0. The number of aromatic nitrogens is 2.